The molecule has 0 aromatic heterocycles. The van der Waals surface area contributed by atoms with E-state index in [9.17, 15) is 4.79 Å². The molecule has 0 saturated heterocycles. The Balaban J connectivity index is 1.10. The fourth-order valence-electron chi connectivity index (χ4n) is 10.9. The van der Waals surface area contributed by atoms with Gasteiger partial charge in [0.15, 0.2) is 0 Å². The molecule has 0 amide bonds. The van der Waals surface area contributed by atoms with Crippen LogP contribution in [0.5, 0.6) is 0 Å². The first-order valence-corrected chi connectivity index (χ1v) is 19.2. The lowest BCUT2D eigenvalue weighted by Gasteiger charge is -2.62. The molecule has 0 bridgehead atoms. The van der Waals surface area contributed by atoms with E-state index in [0.717, 1.165) is 47.6 Å². The zero-order valence-corrected chi connectivity index (χ0v) is 30.6. The molecule has 9 atom stereocenters. The quantitative estimate of drug-likeness (QED) is 0.154. The van der Waals surface area contributed by atoms with Gasteiger partial charge in [-0.15, -0.1) is 11.6 Å². The summed E-state index contributed by atoms with van der Waals surface area (Å²) in [6.07, 6.45) is 14.9. The van der Waals surface area contributed by atoms with Gasteiger partial charge < -0.3 is 4.74 Å². The number of halogens is 2. The minimum atomic E-state index is -0.167. The van der Waals surface area contributed by atoms with Gasteiger partial charge in [-0.25, -0.2) is 4.79 Å². The van der Waals surface area contributed by atoms with Crippen molar-refractivity contribution in [2.75, 3.05) is 0 Å². The predicted octanol–water partition coefficient (Wildman–Crippen LogP) is 12.0. The average molecular weight is 729 g/mol. The van der Waals surface area contributed by atoms with Crippen molar-refractivity contribution in [3.8, 4) is 11.1 Å². The number of hydrogen-bond donors (Lipinski definition) is 0. The number of alkyl halides is 1. The highest BCUT2D eigenvalue weighted by Gasteiger charge is 2.65. The highest BCUT2D eigenvalue weighted by atomic mass is 127. The fourth-order valence-corrected chi connectivity index (χ4v) is 11.7. The summed E-state index contributed by atoms with van der Waals surface area (Å²) in [6, 6.07) is 16.4. The first-order valence-electron chi connectivity index (χ1n) is 17.7. The van der Waals surface area contributed by atoms with Crippen LogP contribution < -0.4 is 0 Å². The van der Waals surface area contributed by atoms with Gasteiger partial charge in [0.25, 0.3) is 0 Å². The Labute approximate surface area is 286 Å². The van der Waals surface area contributed by atoms with Crippen molar-refractivity contribution in [1.29, 1.82) is 0 Å². The summed E-state index contributed by atoms with van der Waals surface area (Å²) < 4.78 is 7.45. The van der Waals surface area contributed by atoms with Crippen LogP contribution in [0.3, 0.4) is 0 Å². The second kappa shape index (κ2) is 12.9. The zero-order chi connectivity index (χ0) is 31.3. The van der Waals surface area contributed by atoms with Crippen LogP contribution in [0.15, 0.2) is 48.5 Å². The van der Waals surface area contributed by atoms with Crippen molar-refractivity contribution in [2.24, 2.45) is 46.3 Å². The van der Waals surface area contributed by atoms with Crippen molar-refractivity contribution >= 4 is 40.2 Å². The molecule has 4 aliphatic rings. The molecule has 0 heterocycles. The van der Waals surface area contributed by atoms with Crippen LogP contribution >= 0.6 is 34.2 Å². The van der Waals surface area contributed by atoms with Crippen LogP contribution in [-0.2, 0) is 4.74 Å². The molecule has 240 valence electrons. The number of fused-ring (bicyclic) bond motifs is 5. The molecule has 0 N–H and O–H groups in total. The molecule has 2 aromatic rings. The van der Waals surface area contributed by atoms with Crippen LogP contribution in [0.2, 0.25) is 0 Å². The summed E-state index contributed by atoms with van der Waals surface area (Å²) in [4.78, 5) is 13.3. The second-order valence-electron chi connectivity index (χ2n) is 16.1. The van der Waals surface area contributed by atoms with Gasteiger partial charge in [-0.05, 0) is 169 Å². The van der Waals surface area contributed by atoms with E-state index >= 15 is 0 Å². The lowest BCUT2D eigenvalue weighted by atomic mass is 9.44. The number of ether oxygens (including phenoxy) is 1. The third-order valence-corrected chi connectivity index (χ3v) is 15.2. The third kappa shape index (κ3) is 5.93. The van der Waals surface area contributed by atoms with Crippen molar-refractivity contribution in [3.63, 3.8) is 0 Å². The summed E-state index contributed by atoms with van der Waals surface area (Å²) in [7, 11) is 0. The summed E-state index contributed by atoms with van der Waals surface area (Å²) >= 11 is 10.1. The standard InChI is InChI=1S/C40H54ClIO2/c1-26(2)8-6-9-27(3)40(41)23-20-36-34-17-14-31-25-33(18-21-38(31,4)35(34)19-22-39(36,40)5)44-37(43)30-11-7-10-29(24-30)28-12-15-32(42)16-13-28/h7,10-13,15-16,24,26-27,31,33-36H,6,8-9,14,17-23,25H2,1-5H3/t27-,31+,33-,34-,35+,36+,38+,39+,40?/m1/s1. The highest BCUT2D eigenvalue weighted by Crippen LogP contribution is 2.71. The fraction of sp³-hybridized carbons (Fsp3) is 0.675. The van der Waals surface area contributed by atoms with Gasteiger partial charge in [-0.2, -0.15) is 0 Å². The minimum absolute atomic E-state index is 0.0293. The van der Waals surface area contributed by atoms with Crippen molar-refractivity contribution < 1.29 is 9.53 Å². The Morgan fingerprint density at radius 2 is 1.66 bits per heavy atom. The van der Waals surface area contributed by atoms with Crippen LogP contribution in [0.25, 0.3) is 11.1 Å². The Kier molecular flexibility index (Phi) is 9.60. The molecule has 4 aliphatic carbocycles. The van der Waals surface area contributed by atoms with Gasteiger partial charge >= 0.3 is 5.97 Å². The van der Waals surface area contributed by atoms with Crippen LogP contribution in [0.1, 0.15) is 122 Å². The van der Waals surface area contributed by atoms with E-state index in [1.807, 2.05) is 18.2 Å². The van der Waals surface area contributed by atoms with Crippen LogP contribution in [-0.4, -0.2) is 16.9 Å². The summed E-state index contributed by atoms with van der Waals surface area (Å²) in [5.41, 5.74) is 3.47. The molecular weight excluding hydrogens is 675 g/mol. The monoisotopic (exact) mass is 728 g/mol. The first-order chi connectivity index (χ1) is 20.9. The molecule has 44 heavy (non-hydrogen) atoms. The topological polar surface area (TPSA) is 26.3 Å². The van der Waals surface area contributed by atoms with Crippen molar-refractivity contribution in [2.45, 2.75) is 123 Å². The maximum absolute atomic E-state index is 13.4. The predicted molar refractivity (Wildman–Crippen MR) is 192 cm³/mol. The minimum Gasteiger partial charge on any atom is -0.459 e. The van der Waals surface area contributed by atoms with Gasteiger partial charge in [0.1, 0.15) is 6.10 Å². The first kappa shape index (κ1) is 32.9. The SMILES string of the molecule is CC(C)CCC[C@@H](C)C1(Cl)CC[C@H]2[C@@H]3CC[C@H]4C[C@H](OC(=O)c5cccc(-c6ccc(I)cc6)c5)CC[C@]4(C)[C@H]3CC[C@@]21C. The zero-order valence-electron chi connectivity index (χ0n) is 27.7. The Hall–Kier alpha value is -1.07. The van der Waals surface area contributed by atoms with Crippen molar-refractivity contribution in [1.82, 2.24) is 0 Å². The normalized spacial score (nSPS) is 37.1. The maximum Gasteiger partial charge on any atom is 0.338 e. The number of carbonyl (C=O) groups is 1. The number of benzene rings is 2. The lowest BCUT2D eigenvalue weighted by Crippen LogP contribution is -2.56. The van der Waals surface area contributed by atoms with Gasteiger partial charge in [0.05, 0.1) is 10.4 Å². The van der Waals surface area contributed by atoms with E-state index in [2.05, 4.69) is 87.5 Å². The molecule has 2 nitrogen and oxygen atoms in total. The molecule has 0 aliphatic heterocycles. The van der Waals surface area contributed by atoms with Crippen molar-refractivity contribution in [3.05, 3.63) is 57.7 Å². The molecule has 4 saturated carbocycles. The highest BCUT2D eigenvalue weighted by molar-refractivity contribution is 14.1. The van der Waals surface area contributed by atoms with Crippen LogP contribution in [0.4, 0.5) is 0 Å². The van der Waals surface area contributed by atoms with Gasteiger partial charge in [-0.3, -0.25) is 0 Å². The summed E-state index contributed by atoms with van der Waals surface area (Å²) in [5, 5.41) is 0. The third-order valence-electron chi connectivity index (χ3n) is 13.5. The summed E-state index contributed by atoms with van der Waals surface area (Å²) in [5.74, 6) is 4.21. The number of esters is 1. The van der Waals surface area contributed by atoms with Gasteiger partial charge in [0, 0.05) is 3.57 Å². The van der Waals surface area contributed by atoms with E-state index in [1.165, 1.54) is 67.8 Å². The Morgan fingerprint density at radius 3 is 2.41 bits per heavy atom. The number of rotatable bonds is 8. The van der Waals surface area contributed by atoms with Gasteiger partial charge in [-0.1, -0.05) is 71.7 Å². The molecule has 1 unspecified atom stereocenters. The lowest BCUT2D eigenvalue weighted by molar-refractivity contribution is -0.128. The average Bonchev–Trinajstić information content (AvgIpc) is 3.29. The number of carbonyl (C=O) groups excluding carboxylic acids is 1. The van der Waals surface area contributed by atoms with Crippen LogP contribution in [0, 0.1) is 49.9 Å². The van der Waals surface area contributed by atoms with E-state index in [1.54, 1.807) is 0 Å². The Bertz CT molecular complexity index is 1320. The van der Waals surface area contributed by atoms with E-state index in [4.69, 9.17) is 16.3 Å². The van der Waals surface area contributed by atoms with Gasteiger partial charge in [0.2, 0.25) is 0 Å². The molecule has 2 aromatic carbocycles. The second-order valence-corrected chi connectivity index (χ2v) is 18.0. The van der Waals surface area contributed by atoms with E-state index in [0.29, 0.717) is 22.8 Å². The van der Waals surface area contributed by atoms with E-state index in [-0.39, 0.29) is 22.4 Å². The Morgan fingerprint density at radius 1 is 0.909 bits per heavy atom. The molecule has 4 fully saturated rings. The largest absolute Gasteiger partial charge is 0.459 e. The smallest absolute Gasteiger partial charge is 0.338 e. The molecule has 6 rings (SSSR count). The molecular formula is C40H54ClIO2. The molecule has 4 heteroatoms. The van der Waals surface area contributed by atoms with E-state index < -0.39 is 0 Å². The molecule has 0 spiro atoms. The number of hydrogen-bond acceptors (Lipinski definition) is 2. The molecule has 0 radical (unpaired) electrons. The summed E-state index contributed by atoms with van der Waals surface area (Å²) in [6.45, 7) is 12.3. The maximum atomic E-state index is 13.4.